The van der Waals surface area contributed by atoms with Crippen LogP contribution in [0.1, 0.15) is 57.2 Å². The number of aromatic nitrogens is 1. The molecular formula is C15H22N2O. The summed E-state index contributed by atoms with van der Waals surface area (Å²) in [6.07, 6.45) is 8.02. The first kappa shape index (κ1) is 14.7. The fourth-order valence-electron chi connectivity index (χ4n) is 1.83. The largest absolute Gasteiger partial charge is 0.374 e. The van der Waals surface area contributed by atoms with Gasteiger partial charge in [0.25, 0.3) is 0 Å². The molecule has 0 bridgehead atoms. The van der Waals surface area contributed by atoms with Crippen LogP contribution in [0.15, 0.2) is 18.3 Å². The highest BCUT2D eigenvalue weighted by Crippen LogP contribution is 2.11. The monoisotopic (exact) mass is 246 g/mol. The van der Waals surface area contributed by atoms with Gasteiger partial charge in [-0.05, 0) is 19.4 Å². The van der Waals surface area contributed by atoms with Gasteiger partial charge in [-0.25, -0.2) is 4.98 Å². The Hall–Kier alpha value is -1.40. The fourth-order valence-corrected chi connectivity index (χ4v) is 1.83. The van der Waals surface area contributed by atoms with Crippen LogP contribution in [-0.2, 0) is 11.3 Å². The van der Waals surface area contributed by atoms with Crippen molar-refractivity contribution in [3.63, 3.8) is 0 Å². The van der Waals surface area contributed by atoms with E-state index in [4.69, 9.17) is 10.00 Å². The van der Waals surface area contributed by atoms with Crippen LogP contribution in [0.5, 0.6) is 0 Å². The number of pyridine rings is 1. The van der Waals surface area contributed by atoms with Crippen molar-refractivity contribution in [3.05, 3.63) is 29.6 Å². The molecule has 1 rings (SSSR count). The molecule has 18 heavy (non-hydrogen) atoms. The number of unbranched alkanes of at least 4 members (excludes halogenated alkanes) is 3. The molecule has 0 amide bonds. The molecule has 1 heterocycles. The molecule has 3 nitrogen and oxygen atoms in total. The molecule has 0 spiro atoms. The van der Waals surface area contributed by atoms with E-state index >= 15 is 0 Å². The zero-order valence-electron chi connectivity index (χ0n) is 11.4. The maximum Gasteiger partial charge on any atom is 0.145 e. The summed E-state index contributed by atoms with van der Waals surface area (Å²) in [6.45, 7) is 4.78. The number of rotatable bonds is 8. The van der Waals surface area contributed by atoms with E-state index in [-0.39, 0.29) is 6.10 Å². The molecule has 0 aromatic carbocycles. The second kappa shape index (κ2) is 8.66. The smallest absolute Gasteiger partial charge is 0.145 e. The Kier molecular flexibility index (Phi) is 7.05. The van der Waals surface area contributed by atoms with Crippen LogP contribution in [0.3, 0.4) is 0 Å². The van der Waals surface area contributed by atoms with Crippen LogP contribution in [0, 0.1) is 11.3 Å². The average molecular weight is 246 g/mol. The minimum Gasteiger partial charge on any atom is -0.374 e. The molecule has 1 atom stereocenters. The van der Waals surface area contributed by atoms with E-state index in [0.717, 1.165) is 12.0 Å². The Labute approximate surface area is 110 Å². The van der Waals surface area contributed by atoms with E-state index in [9.17, 15) is 0 Å². The molecule has 1 aromatic rings. The van der Waals surface area contributed by atoms with Crippen LogP contribution >= 0.6 is 0 Å². The molecule has 0 N–H and O–H groups in total. The van der Waals surface area contributed by atoms with E-state index in [1.54, 1.807) is 6.20 Å². The summed E-state index contributed by atoms with van der Waals surface area (Å²) in [4.78, 5) is 4.02. The van der Waals surface area contributed by atoms with Crippen LogP contribution < -0.4 is 0 Å². The van der Waals surface area contributed by atoms with Crippen molar-refractivity contribution in [2.45, 2.75) is 58.7 Å². The molecule has 0 saturated carbocycles. The molecule has 0 aliphatic rings. The van der Waals surface area contributed by atoms with Gasteiger partial charge in [-0.15, -0.1) is 0 Å². The first-order chi connectivity index (χ1) is 8.77. The van der Waals surface area contributed by atoms with Crippen LogP contribution in [-0.4, -0.2) is 11.1 Å². The number of hydrogen-bond acceptors (Lipinski definition) is 3. The van der Waals surface area contributed by atoms with Crippen molar-refractivity contribution in [1.29, 1.82) is 5.26 Å². The summed E-state index contributed by atoms with van der Waals surface area (Å²) in [5, 5.41) is 8.92. The fraction of sp³-hybridized carbons (Fsp3) is 0.600. The second-order valence-corrected chi connectivity index (χ2v) is 4.59. The minimum absolute atomic E-state index is 0.244. The van der Waals surface area contributed by atoms with Crippen molar-refractivity contribution in [2.75, 3.05) is 0 Å². The molecular weight excluding hydrogens is 224 g/mol. The standard InChI is InChI=1S/C15H22N2O/c1-3-4-5-6-8-13(2)18-12-14-9-7-10-17-15(14)11-16/h7,9-10,13H,3-6,8,12H2,1-2H3. The lowest BCUT2D eigenvalue weighted by Crippen LogP contribution is -2.09. The number of ether oxygens (including phenoxy) is 1. The first-order valence-electron chi connectivity index (χ1n) is 6.73. The van der Waals surface area contributed by atoms with Crippen molar-refractivity contribution >= 4 is 0 Å². The third-order valence-corrected chi connectivity index (χ3v) is 2.98. The molecule has 0 aliphatic carbocycles. The summed E-state index contributed by atoms with van der Waals surface area (Å²) in [6, 6.07) is 5.83. The van der Waals surface area contributed by atoms with Crippen molar-refractivity contribution in [1.82, 2.24) is 4.98 Å². The lowest BCUT2D eigenvalue weighted by atomic mass is 10.1. The molecule has 1 aromatic heterocycles. The van der Waals surface area contributed by atoms with E-state index < -0.39 is 0 Å². The van der Waals surface area contributed by atoms with Gasteiger partial charge < -0.3 is 4.74 Å². The zero-order chi connectivity index (χ0) is 13.2. The average Bonchev–Trinajstić information content (AvgIpc) is 2.41. The third kappa shape index (κ3) is 5.29. The molecule has 0 aliphatic heterocycles. The normalized spacial score (nSPS) is 12.1. The molecule has 1 unspecified atom stereocenters. The predicted octanol–water partition coefficient (Wildman–Crippen LogP) is 3.83. The SMILES string of the molecule is CCCCCCC(C)OCc1cccnc1C#N. The van der Waals surface area contributed by atoms with Gasteiger partial charge in [0.05, 0.1) is 12.7 Å². The molecule has 0 fully saturated rings. The first-order valence-corrected chi connectivity index (χ1v) is 6.73. The van der Waals surface area contributed by atoms with Crippen molar-refractivity contribution in [3.8, 4) is 6.07 Å². The highest BCUT2D eigenvalue weighted by molar-refractivity contribution is 5.29. The Morgan fingerprint density at radius 3 is 2.94 bits per heavy atom. The lowest BCUT2D eigenvalue weighted by molar-refractivity contribution is 0.0456. The van der Waals surface area contributed by atoms with Gasteiger partial charge in [-0.2, -0.15) is 5.26 Å². The van der Waals surface area contributed by atoms with E-state index in [0.29, 0.717) is 12.3 Å². The van der Waals surface area contributed by atoms with Gasteiger partial charge in [0, 0.05) is 11.8 Å². The van der Waals surface area contributed by atoms with Crippen LogP contribution in [0.4, 0.5) is 0 Å². The molecule has 98 valence electrons. The number of hydrogen-bond donors (Lipinski definition) is 0. The van der Waals surface area contributed by atoms with Crippen LogP contribution in [0.2, 0.25) is 0 Å². The van der Waals surface area contributed by atoms with E-state index in [2.05, 4.69) is 24.9 Å². The lowest BCUT2D eigenvalue weighted by Gasteiger charge is -2.13. The summed E-state index contributed by atoms with van der Waals surface area (Å²) in [7, 11) is 0. The Morgan fingerprint density at radius 1 is 1.39 bits per heavy atom. The van der Waals surface area contributed by atoms with Gasteiger partial charge in [-0.1, -0.05) is 38.7 Å². The summed E-state index contributed by atoms with van der Waals surface area (Å²) in [5.74, 6) is 0. The molecule has 0 saturated heterocycles. The van der Waals surface area contributed by atoms with Gasteiger partial charge in [-0.3, -0.25) is 0 Å². The minimum atomic E-state index is 0.244. The maximum atomic E-state index is 8.92. The predicted molar refractivity (Wildman–Crippen MR) is 72.0 cm³/mol. The zero-order valence-corrected chi connectivity index (χ0v) is 11.4. The van der Waals surface area contributed by atoms with Gasteiger partial charge in [0.15, 0.2) is 0 Å². The topological polar surface area (TPSA) is 45.9 Å². The molecule has 3 heteroatoms. The Bertz CT molecular complexity index is 384. The highest BCUT2D eigenvalue weighted by Gasteiger charge is 2.06. The van der Waals surface area contributed by atoms with Gasteiger partial charge in [0.1, 0.15) is 11.8 Å². The van der Waals surface area contributed by atoms with E-state index in [1.165, 1.54) is 25.7 Å². The summed E-state index contributed by atoms with van der Waals surface area (Å²) >= 11 is 0. The third-order valence-electron chi connectivity index (χ3n) is 2.98. The quantitative estimate of drug-likeness (QED) is 0.655. The highest BCUT2D eigenvalue weighted by atomic mass is 16.5. The maximum absolute atomic E-state index is 8.92. The van der Waals surface area contributed by atoms with Gasteiger partial charge in [0.2, 0.25) is 0 Å². The Morgan fingerprint density at radius 2 is 2.22 bits per heavy atom. The second-order valence-electron chi connectivity index (χ2n) is 4.59. The van der Waals surface area contributed by atoms with E-state index in [1.807, 2.05) is 12.1 Å². The van der Waals surface area contributed by atoms with Crippen molar-refractivity contribution < 1.29 is 4.74 Å². The summed E-state index contributed by atoms with van der Waals surface area (Å²) in [5.41, 5.74) is 1.34. The summed E-state index contributed by atoms with van der Waals surface area (Å²) < 4.78 is 5.76. The number of nitriles is 1. The van der Waals surface area contributed by atoms with Gasteiger partial charge >= 0.3 is 0 Å². The van der Waals surface area contributed by atoms with Crippen molar-refractivity contribution in [2.24, 2.45) is 0 Å². The Balaban J connectivity index is 2.29. The molecule has 0 radical (unpaired) electrons. The van der Waals surface area contributed by atoms with Crippen LogP contribution in [0.25, 0.3) is 0 Å². The number of nitrogens with zero attached hydrogens (tertiary/aromatic N) is 2.